The van der Waals surface area contributed by atoms with Gasteiger partial charge in [0.2, 0.25) is 17.7 Å². The maximum atomic E-state index is 12.8. The highest BCUT2D eigenvalue weighted by Gasteiger charge is 2.30. The Hall–Kier alpha value is -2.73. The number of aliphatic carboxylic acids is 2. The van der Waals surface area contributed by atoms with Crippen LogP contribution >= 0.6 is 0 Å². The second kappa shape index (κ2) is 14.3. The first-order valence-corrected chi connectivity index (χ1v) is 10.2. The lowest BCUT2D eigenvalue weighted by Gasteiger charge is -2.25. The summed E-state index contributed by atoms with van der Waals surface area (Å²) < 4.78 is 0. The normalized spacial score (nSPS) is 14.8. The number of nitrogens with two attached hydrogens (primary N) is 2. The third-order valence-corrected chi connectivity index (χ3v) is 4.38. The fourth-order valence-electron chi connectivity index (χ4n) is 2.67. The van der Waals surface area contributed by atoms with Crippen molar-refractivity contribution in [2.45, 2.75) is 77.0 Å². The van der Waals surface area contributed by atoms with Gasteiger partial charge in [0.15, 0.2) is 0 Å². The second-order valence-electron chi connectivity index (χ2n) is 7.81. The molecule has 0 rings (SSSR count). The van der Waals surface area contributed by atoms with Crippen LogP contribution in [0.5, 0.6) is 0 Å². The molecule has 178 valence electrons. The molecule has 0 aliphatic rings. The van der Waals surface area contributed by atoms with Crippen LogP contribution in [0.15, 0.2) is 0 Å². The zero-order valence-corrected chi connectivity index (χ0v) is 18.2. The van der Waals surface area contributed by atoms with Gasteiger partial charge >= 0.3 is 11.9 Å². The van der Waals surface area contributed by atoms with Crippen molar-refractivity contribution in [1.82, 2.24) is 16.0 Å². The van der Waals surface area contributed by atoms with Crippen LogP contribution in [-0.2, 0) is 24.0 Å². The van der Waals surface area contributed by atoms with Crippen molar-refractivity contribution in [2.24, 2.45) is 17.4 Å². The number of carboxylic acids is 2. The van der Waals surface area contributed by atoms with Gasteiger partial charge < -0.3 is 37.6 Å². The predicted molar refractivity (Wildman–Crippen MR) is 112 cm³/mol. The molecule has 0 heterocycles. The number of hydrogen-bond acceptors (Lipinski definition) is 7. The van der Waals surface area contributed by atoms with E-state index in [1.54, 1.807) is 0 Å². The first kappa shape index (κ1) is 28.3. The summed E-state index contributed by atoms with van der Waals surface area (Å²) in [7, 11) is 0. The number of carboxylic acid groups (broad SMARTS) is 2. The Bertz CT molecular complexity index is 641. The van der Waals surface area contributed by atoms with E-state index in [-0.39, 0.29) is 18.8 Å². The van der Waals surface area contributed by atoms with E-state index in [1.807, 2.05) is 13.8 Å². The summed E-state index contributed by atoms with van der Waals surface area (Å²) in [6, 6.07) is -4.56. The quantitative estimate of drug-likeness (QED) is 0.146. The van der Waals surface area contributed by atoms with Gasteiger partial charge in [0, 0.05) is 0 Å². The van der Waals surface area contributed by atoms with Crippen molar-refractivity contribution >= 4 is 29.7 Å². The monoisotopic (exact) mass is 445 g/mol. The topological polar surface area (TPSA) is 214 Å². The molecule has 9 N–H and O–H groups in total. The Morgan fingerprint density at radius 3 is 1.87 bits per heavy atom. The summed E-state index contributed by atoms with van der Waals surface area (Å²) in [5, 5.41) is 25.1. The molecule has 4 atom stereocenters. The molecular weight excluding hydrogens is 410 g/mol. The minimum atomic E-state index is -1.33. The number of carbonyl (C=O) groups excluding carboxylic acids is 3. The summed E-state index contributed by atoms with van der Waals surface area (Å²) >= 11 is 0. The maximum absolute atomic E-state index is 12.8. The van der Waals surface area contributed by atoms with Gasteiger partial charge in [0.05, 0.1) is 12.5 Å². The highest BCUT2D eigenvalue weighted by molar-refractivity contribution is 5.94. The molecule has 3 amide bonds. The predicted octanol–water partition coefficient (Wildman–Crippen LogP) is -1.48. The lowest BCUT2D eigenvalue weighted by molar-refractivity contribution is -0.141. The second-order valence-corrected chi connectivity index (χ2v) is 7.81. The molecular formula is C19H35N5O7. The SMILES string of the molecule is CC(C)CC(NC(=O)C(N)CC(=O)O)C(=O)NC(CCCCN)C(=O)NC(C)C(=O)O. The Kier molecular flexibility index (Phi) is 13.0. The number of rotatable bonds is 15. The van der Waals surface area contributed by atoms with Crippen molar-refractivity contribution in [3.8, 4) is 0 Å². The Balaban J connectivity index is 5.35. The standard InChI is InChI=1S/C19H35N5O7/c1-10(2)8-14(24-16(27)12(21)9-15(25)26)18(29)23-13(6-4-5-7-20)17(28)22-11(3)19(30)31/h10-14H,4-9,20-21H2,1-3H3,(H,22,28)(H,23,29)(H,24,27)(H,25,26)(H,30,31). The van der Waals surface area contributed by atoms with Gasteiger partial charge in [0.25, 0.3) is 0 Å². The van der Waals surface area contributed by atoms with E-state index in [9.17, 15) is 24.0 Å². The maximum Gasteiger partial charge on any atom is 0.325 e. The van der Waals surface area contributed by atoms with E-state index in [2.05, 4.69) is 16.0 Å². The molecule has 0 radical (unpaired) electrons. The third-order valence-electron chi connectivity index (χ3n) is 4.38. The van der Waals surface area contributed by atoms with Crippen molar-refractivity contribution < 1.29 is 34.2 Å². The smallest absolute Gasteiger partial charge is 0.325 e. The molecule has 12 heteroatoms. The van der Waals surface area contributed by atoms with Crippen LogP contribution in [0.2, 0.25) is 0 Å². The molecule has 0 spiro atoms. The van der Waals surface area contributed by atoms with Crippen LogP contribution < -0.4 is 27.4 Å². The fraction of sp³-hybridized carbons (Fsp3) is 0.737. The van der Waals surface area contributed by atoms with E-state index in [0.29, 0.717) is 19.4 Å². The van der Waals surface area contributed by atoms with Crippen LogP contribution in [0, 0.1) is 5.92 Å². The average molecular weight is 446 g/mol. The van der Waals surface area contributed by atoms with Crippen molar-refractivity contribution in [2.75, 3.05) is 6.54 Å². The van der Waals surface area contributed by atoms with Crippen molar-refractivity contribution in [3.05, 3.63) is 0 Å². The highest BCUT2D eigenvalue weighted by atomic mass is 16.4. The molecule has 0 aromatic heterocycles. The molecule has 12 nitrogen and oxygen atoms in total. The van der Waals surface area contributed by atoms with Crippen LogP contribution in [0.1, 0.15) is 52.9 Å². The summed E-state index contributed by atoms with van der Waals surface area (Å²) in [6.07, 6.45) is 0.965. The fourth-order valence-corrected chi connectivity index (χ4v) is 2.67. The van der Waals surface area contributed by atoms with Crippen LogP contribution in [0.4, 0.5) is 0 Å². The molecule has 0 bridgehead atoms. The van der Waals surface area contributed by atoms with E-state index in [1.165, 1.54) is 6.92 Å². The molecule has 0 fully saturated rings. The van der Waals surface area contributed by atoms with Gasteiger partial charge in [-0.05, 0) is 45.1 Å². The minimum absolute atomic E-state index is 0.0108. The number of nitrogens with one attached hydrogen (secondary N) is 3. The van der Waals surface area contributed by atoms with Crippen LogP contribution in [0.25, 0.3) is 0 Å². The average Bonchev–Trinajstić information content (AvgIpc) is 2.65. The first-order valence-electron chi connectivity index (χ1n) is 10.2. The summed E-state index contributed by atoms with van der Waals surface area (Å²) in [4.78, 5) is 59.3. The Morgan fingerprint density at radius 2 is 1.39 bits per heavy atom. The third kappa shape index (κ3) is 11.9. The Labute approximate surface area is 181 Å². The molecule has 0 aromatic carbocycles. The van der Waals surface area contributed by atoms with Crippen molar-refractivity contribution in [3.63, 3.8) is 0 Å². The number of carbonyl (C=O) groups is 5. The van der Waals surface area contributed by atoms with Gasteiger partial charge in [-0.2, -0.15) is 0 Å². The lowest BCUT2D eigenvalue weighted by Crippen LogP contribution is -2.57. The first-order chi connectivity index (χ1) is 14.4. The van der Waals surface area contributed by atoms with E-state index >= 15 is 0 Å². The molecule has 0 saturated heterocycles. The van der Waals surface area contributed by atoms with Gasteiger partial charge in [0.1, 0.15) is 18.1 Å². The van der Waals surface area contributed by atoms with Gasteiger partial charge in [-0.1, -0.05) is 13.8 Å². The number of hydrogen-bond donors (Lipinski definition) is 7. The number of amides is 3. The van der Waals surface area contributed by atoms with E-state index in [0.717, 1.165) is 0 Å². The number of unbranched alkanes of at least 4 members (excludes halogenated alkanes) is 1. The molecule has 0 aliphatic carbocycles. The molecule has 31 heavy (non-hydrogen) atoms. The molecule has 0 aliphatic heterocycles. The highest BCUT2D eigenvalue weighted by Crippen LogP contribution is 2.08. The Morgan fingerprint density at radius 1 is 0.839 bits per heavy atom. The zero-order chi connectivity index (χ0) is 24.1. The van der Waals surface area contributed by atoms with Gasteiger partial charge in [-0.3, -0.25) is 24.0 Å². The van der Waals surface area contributed by atoms with E-state index < -0.39 is 60.2 Å². The molecule has 0 aromatic rings. The van der Waals surface area contributed by atoms with E-state index in [4.69, 9.17) is 21.7 Å². The lowest BCUT2D eigenvalue weighted by atomic mass is 10.0. The van der Waals surface area contributed by atoms with Crippen LogP contribution in [0.3, 0.4) is 0 Å². The minimum Gasteiger partial charge on any atom is -0.481 e. The van der Waals surface area contributed by atoms with Crippen molar-refractivity contribution in [1.29, 1.82) is 0 Å². The zero-order valence-electron chi connectivity index (χ0n) is 18.2. The van der Waals surface area contributed by atoms with Crippen LogP contribution in [-0.4, -0.2) is 70.6 Å². The largest absolute Gasteiger partial charge is 0.481 e. The molecule has 0 saturated carbocycles. The van der Waals surface area contributed by atoms with Gasteiger partial charge in [-0.25, -0.2) is 0 Å². The summed E-state index contributed by atoms with van der Waals surface area (Å²) in [6.45, 7) is 5.33. The van der Waals surface area contributed by atoms with Gasteiger partial charge in [-0.15, -0.1) is 0 Å². The molecule has 4 unspecified atom stereocenters. The summed E-state index contributed by atoms with van der Waals surface area (Å²) in [5.41, 5.74) is 11.0. The summed E-state index contributed by atoms with van der Waals surface area (Å²) in [5.74, 6) is -4.61.